The number of para-hydroxylation sites is 2. The molecule has 0 saturated heterocycles. The topological polar surface area (TPSA) is 59.8 Å². The Hall–Kier alpha value is -2.95. The van der Waals surface area contributed by atoms with Gasteiger partial charge in [0.25, 0.3) is 5.91 Å². The van der Waals surface area contributed by atoms with Crippen molar-refractivity contribution >= 4 is 11.6 Å². The third kappa shape index (κ3) is 3.20. The first-order valence-electron chi connectivity index (χ1n) is 8.12. The van der Waals surface area contributed by atoms with Crippen LogP contribution in [0.1, 0.15) is 35.5 Å². The summed E-state index contributed by atoms with van der Waals surface area (Å²) in [6, 6.07) is 15.7. The minimum atomic E-state index is -0.243. The SMILES string of the molecule is CCc1cccc(CC)c1NC(=O)c1cn(-c2ccccc2)nn1. The van der Waals surface area contributed by atoms with Crippen LogP contribution < -0.4 is 5.32 Å². The number of carbonyl (C=O) groups is 1. The summed E-state index contributed by atoms with van der Waals surface area (Å²) in [5.74, 6) is -0.243. The van der Waals surface area contributed by atoms with E-state index >= 15 is 0 Å². The fourth-order valence-electron chi connectivity index (χ4n) is 2.66. The van der Waals surface area contributed by atoms with Gasteiger partial charge in [-0.3, -0.25) is 4.79 Å². The van der Waals surface area contributed by atoms with Crippen LogP contribution >= 0.6 is 0 Å². The maximum absolute atomic E-state index is 12.6. The van der Waals surface area contributed by atoms with Crippen molar-refractivity contribution < 1.29 is 4.79 Å². The van der Waals surface area contributed by atoms with Crippen LogP contribution in [0.3, 0.4) is 0 Å². The van der Waals surface area contributed by atoms with E-state index in [4.69, 9.17) is 0 Å². The molecule has 0 fully saturated rings. The number of hydrogen-bond acceptors (Lipinski definition) is 3. The predicted octanol–water partition coefficient (Wildman–Crippen LogP) is 3.64. The number of hydrogen-bond donors (Lipinski definition) is 1. The number of anilines is 1. The van der Waals surface area contributed by atoms with E-state index in [2.05, 4.69) is 29.5 Å². The van der Waals surface area contributed by atoms with Crippen molar-refractivity contribution in [2.45, 2.75) is 26.7 Å². The zero-order valence-electron chi connectivity index (χ0n) is 13.9. The van der Waals surface area contributed by atoms with Gasteiger partial charge in [0.2, 0.25) is 0 Å². The van der Waals surface area contributed by atoms with E-state index in [1.807, 2.05) is 48.5 Å². The van der Waals surface area contributed by atoms with Gasteiger partial charge >= 0.3 is 0 Å². The van der Waals surface area contributed by atoms with E-state index in [9.17, 15) is 4.79 Å². The smallest absolute Gasteiger partial charge is 0.277 e. The number of nitrogens with zero attached hydrogens (tertiary/aromatic N) is 3. The van der Waals surface area contributed by atoms with Gasteiger partial charge in [-0.15, -0.1) is 5.10 Å². The molecule has 1 amide bonds. The number of benzene rings is 2. The van der Waals surface area contributed by atoms with Crippen molar-refractivity contribution in [3.63, 3.8) is 0 Å². The lowest BCUT2D eigenvalue weighted by Gasteiger charge is -2.13. The molecule has 0 radical (unpaired) electrons. The molecule has 122 valence electrons. The van der Waals surface area contributed by atoms with Gasteiger partial charge < -0.3 is 5.32 Å². The van der Waals surface area contributed by atoms with Gasteiger partial charge in [0, 0.05) is 5.69 Å². The zero-order valence-corrected chi connectivity index (χ0v) is 13.9. The highest BCUT2D eigenvalue weighted by molar-refractivity contribution is 6.03. The van der Waals surface area contributed by atoms with Crippen molar-refractivity contribution in [2.75, 3.05) is 5.32 Å². The van der Waals surface area contributed by atoms with E-state index in [1.54, 1.807) is 10.9 Å². The molecular formula is C19H20N4O. The molecular weight excluding hydrogens is 300 g/mol. The van der Waals surface area contributed by atoms with Crippen LogP contribution in [0.25, 0.3) is 5.69 Å². The summed E-state index contributed by atoms with van der Waals surface area (Å²) >= 11 is 0. The van der Waals surface area contributed by atoms with Gasteiger partial charge in [-0.05, 0) is 36.1 Å². The second-order valence-electron chi connectivity index (χ2n) is 5.50. The van der Waals surface area contributed by atoms with Crippen molar-refractivity contribution in [3.8, 4) is 5.69 Å². The van der Waals surface area contributed by atoms with Crippen LogP contribution in [0, 0.1) is 0 Å². The Balaban J connectivity index is 1.85. The summed E-state index contributed by atoms with van der Waals surface area (Å²) < 4.78 is 1.60. The first kappa shape index (κ1) is 15.9. The normalized spacial score (nSPS) is 10.6. The number of carbonyl (C=O) groups excluding carboxylic acids is 1. The predicted molar refractivity (Wildman–Crippen MR) is 94.5 cm³/mol. The fourth-order valence-corrected chi connectivity index (χ4v) is 2.66. The standard InChI is InChI=1S/C19H20N4O/c1-3-14-9-8-10-15(4-2)18(14)20-19(24)17-13-23(22-21-17)16-11-6-5-7-12-16/h5-13H,3-4H2,1-2H3,(H,20,24). The summed E-state index contributed by atoms with van der Waals surface area (Å²) in [5, 5.41) is 11.0. The van der Waals surface area contributed by atoms with Gasteiger partial charge in [-0.1, -0.05) is 55.5 Å². The lowest BCUT2D eigenvalue weighted by molar-refractivity contribution is 0.102. The summed E-state index contributed by atoms with van der Waals surface area (Å²) in [4.78, 5) is 12.6. The molecule has 2 aromatic carbocycles. The molecule has 1 heterocycles. The average molecular weight is 320 g/mol. The Bertz CT molecular complexity index is 817. The summed E-state index contributed by atoms with van der Waals surface area (Å²) in [6.07, 6.45) is 3.37. The first-order valence-corrected chi connectivity index (χ1v) is 8.12. The molecule has 0 aliphatic rings. The maximum atomic E-state index is 12.6. The van der Waals surface area contributed by atoms with Gasteiger partial charge in [0.15, 0.2) is 5.69 Å². The molecule has 1 N–H and O–H groups in total. The largest absolute Gasteiger partial charge is 0.320 e. The Labute approximate surface area is 141 Å². The minimum Gasteiger partial charge on any atom is -0.320 e. The molecule has 0 unspecified atom stereocenters. The van der Waals surface area contributed by atoms with Crippen LogP contribution in [-0.2, 0) is 12.8 Å². The van der Waals surface area contributed by atoms with Crippen molar-refractivity contribution in [3.05, 3.63) is 71.5 Å². The zero-order chi connectivity index (χ0) is 16.9. The molecule has 0 saturated carbocycles. The van der Waals surface area contributed by atoms with Crippen molar-refractivity contribution in [1.82, 2.24) is 15.0 Å². The van der Waals surface area contributed by atoms with E-state index in [0.29, 0.717) is 5.69 Å². The van der Waals surface area contributed by atoms with E-state index in [0.717, 1.165) is 35.3 Å². The number of aromatic nitrogens is 3. The molecule has 5 nitrogen and oxygen atoms in total. The van der Waals surface area contributed by atoms with Gasteiger partial charge in [0.05, 0.1) is 11.9 Å². The third-order valence-electron chi connectivity index (χ3n) is 3.98. The third-order valence-corrected chi connectivity index (χ3v) is 3.98. The number of aryl methyl sites for hydroxylation is 2. The van der Waals surface area contributed by atoms with Gasteiger partial charge in [-0.25, -0.2) is 4.68 Å². The summed E-state index contributed by atoms with van der Waals surface area (Å²) in [5.41, 5.74) is 4.30. The Morgan fingerprint density at radius 1 is 1.00 bits per heavy atom. The Morgan fingerprint density at radius 2 is 1.67 bits per heavy atom. The van der Waals surface area contributed by atoms with E-state index in [1.165, 1.54) is 0 Å². The molecule has 1 aromatic heterocycles. The van der Waals surface area contributed by atoms with E-state index < -0.39 is 0 Å². The van der Waals surface area contributed by atoms with Crippen molar-refractivity contribution in [1.29, 1.82) is 0 Å². The average Bonchev–Trinajstić information content (AvgIpc) is 3.13. The monoisotopic (exact) mass is 320 g/mol. The highest BCUT2D eigenvalue weighted by Crippen LogP contribution is 2.23. The molecule has 0 aliphatic heterocycles. The Morgan fingerprint density at radius 3 is 2.29 bits per heavy atom. The first-order chi connectivity index (χ1) is 11.7. The second-order valence-corrected chi connectivity index (χ2v) is 5.50. The molecule has 0 spiro atoms. The molecule has 24 heavy (non-hydrogen) atoms. The van der Waals surface area contributed by atoms with Crippen LogP contribution in [0.2, 0.25) is 0 Å². The lowest BCUT2D eigenvalue weighted by Crippen LogP contribution is -2.15. The highest BCUT2D eigenvalue weighted by Gasteiger charge is 2.15. The van der Waals surface area contributed by atoms with Crippen molar-refractivity contribution in [2.24, 2.45) is 0 Å². The fraction of sp³-hybridized carbons (Fsp3) is 0.211. The van der Waals surface area contributed by atoms with Gasteiger partial charge in [-0.2, -0.15) is 0 Å². The number of nitrogens with one attached hydrogen (secondary N) is 1. The highest BCUT2D eigenvalue weighted by atomic mass is 16.2. The second kappa shape index (κ2) is 7.08. The summed E-state index contributed by atoms with van der Waals surface area (Å²) in [6.45, 7) is 4.16. The van der Waals surface area contributed by atoms with Crippen LogP contribution in [0.5, 0.6) is 0 Å². The molecule has 5 heteroatoms. The molecule has 3 rings (SSSR count). The van der Waals surface area contributed by atoms with Gasteiger partial charge in [0.1, 0.15) is 0 Å². The Kier molecular flexibility index (Phi) is 4.70. The van der Waals surface area contributed by atoms with Crippen LogP contribution in [-0.4, -0.2) is 20.9 Å². The summed E-state index contributed by atoms with van der Waals surface area (Å²) in [7, 11) is 0. The van der Waals surface area contributed by atoms with Crippen LogP contribution in [0.4, 0.5) is 5.69 Å². The minimum absolute atomic E-state index is 0.243. The maximum Gasteiger partial charge on any atom is 0.277 e. The van der Waals surface area contributed by atoms with Crippen LogP contribution in [0.15, 0.2) is 54.7 Å². The quantitative estimate of drug-likeness (QED) is 0.780. The lowest BCUT2D eigenvalue weighted by atomic mass is 10.0. The molecule has 0 bridgehead atoms. The number of amides is 1. The molecule has 3 aromatic rings. The number of rotatable bonds is 5. The molecule has 0 aliphatic carbocycles. The van der Waals surface area contributed by atoms with E-state index in [-0.39, 0.29) is 5.91 Å². The molecule has 0 atom stereocenters.